The van der Waals surface area contributed by atoms with Crippen molar-refractivity contribution in [3.05, 3.63) is 28.8 Å². The molecule has 1 heterocycles. The second-order valence-electron chi connectivity index (χ2n) is 5.60. The summed E-state index contributed by atoms with van der Waals surface area (Å²) in [6, 6.07) is 2.00. The van der Waals surface area contributed by atoms with Crippen LogP contribution in [0.2, 0.25) is 5.02 Å². The minimum atomic E-state index is -4.84. The maximum atomic E-state index is 12.8. The van der Waals surface area contributed by atoms with Gasteiger partial charge in [-0.1, -0.05) is 11.6 Å². The van der Waals surface area contributed by atoms with Crippen molar-refractivity contribution in [2.24, 2.45) is 0 Å². The molecule has 1 aromatic carbocycles. The molecule has 1 aromatic rings. The van der Waals surface area contributed by atoms with Gasteiger partial charge in [-0.25, -0.2) is 4.79 Å². The Hall–Kier alpha value is -1.36. The van der Waals surface area contributed by atoms with Crippen LogP contribution in [0.4, 0.5) is 13.2 Å². The number of benzene rings is 1. The number of carbonyl (C=O) groups is 1. The van der Waals surface area contributed by atoms with Crippen molar-refractivity contribution in [1.82, 2.24) is 0 Å². The first-order chi connectivity index (χ1) is 12.0. The maximum Gasteiger partial charge on any atom is 0.417 e. The average molecular weight is 417 g/mol. The zero-order valence-electron chi connectivity index (χ0n) is 13.6. The lowest BCUT2D eigenvalue weighted by Gasteiger charge is -2.15. The molecule has 1 unspecified atom stereocenters. The fourth-order valence-corrected chi connectivity index (χ4v) is 3.52. The normalized spacial score (nSPS) is 19.3. The van der Waals surface area contributed by atoms with Gasteiger partial charge in [0.15, 0.2) is 6.10 Å². The van der Waals surface area contributed by atoms with E-state index in [4.69, 9.17) is 21.1 Å². The van der Waals surface area contributed by atoms with E-state index in [1.165, 1.54) is 0 Å². The van der Waals surface area contributed by atoms with Gasteiger partial charge in [0.25, 0.3) is 10.1 Å². The molecule has 0 N–H and O–H groups in total. The number of carbonyl (C=O) groups excluding carboxylic acids is 1. The van der Waals surface area contributed by atoms with Crippen molar-refractivity contribution in [3.63, 3.8) is 0 Å². The lowest BCUT2D eigenvalue weighted by atomic mass is 10.2. The first-order valence-electron chi connectivity index (χ1n) is 7.59. The van der Waals surface area contributed by atoms with Crippen LogP contribution < -0.4 is 0 Å². The molecule has 0 aliphatic carbocycles. The van der Waals surface area contributed by atoms with Crippen molar-refractivity contribution in [2.45, 2.75) is 43.0 Å². The topological polar surface area (TPSA) is 78.9 Å². The van der Waals surface area contributed by atoms with E-state index in [-0.39, 0.29) is 12.7 Å². The van der Waals surface area contributed by atoms with E-state index in [0.717, 1.165) is 25.5 Å². The summed E-state index contributed by atoms with van der Waals surface area (Å²) in [6.07, 6.45) is -5.08. The van der Waals surface area contributed by atoms with Gasteiger partial charge in [-0.2, -0.15) is 21.6 Å². The Labute approximate surface area is 153 Å². The van der Waals surface area contributed by atoms with Crippen LogP contribution in [0.5, 0.6) is 0 Å². The number of alkyl halides is 3. The minimum absolute atomic E-state index is 0.0499. The lowest BCUT2D eigenvalue weighted by molar-refractivity contribution is -0.154. The zero-order chi connectivity index (χ0) is 19.5. The Morgan fingerprint density at radius 2 is 2.12 bits per heavy atom. The van der Waals surface area contributed by atoms with Gasteiger partial charge < -0.3 is 9.47 Å². The van der Waals surface area contributed by atoms with Gasteiger partial charge in [-0.05, 0) is 38.0 Å². The SMILES string of the molecule is CC(OS(=O)(=O)c1ccc(Cl)c(C(F)(F)F)c1)C(=O)OC[C@@H]1CCCO1. The Bertz CT molecular complexity index is 759. The number of hydrogen-bond donors (Lipinski definition) is 0. The molecule has 146 valence electrons. The van der Waals surface area contributed by atoms with Gasteiger partial charge >= 0.3 is 12.1 Å². The van der Waals surface area contributed by atoms with Crippen LogP contribution in [0.15, 0.2) is 23.1 Å². The molecule has 1 aliphatic rings. The molecule has 2 atom stereocenters. The van der Waals surface area contributed by atoms with Crippen LogP contribution in [0.25, 0.3) is 0 Å². The van der Waals surface area contributed by atoms with Crippen LogP contribution in [0.1, 0.15) is 25.3 Å². The van der Waals surface area contributed by atoms with E-state index >= 15 is 0 Å². The van der Waals surface area contributed by atoms with Crippen LogP contribution >= 0.6 is 11.6 Å². The summed E-state index contributed by atoms with van der Waals surface area (Å²) in [5.74, 6) is -0.964. The van der Waals surface area contributed by atoms with Crippen molar-refractivity contribution >= 4 is 27.7 Å². The maximum absolute atomic E-state index is 12.8. The van der Waals surface area contributed by atoms with Gasteiger partial charge in [-0.15, -0.1) is 0 Å². The minimum Gasteiger partial charge on any atom is -0.461 e. The van der Waals surface area contributed by atoms with Crippen molar-refractivity contribution in [3.8, 4) is 0 Å². The molecule has 26 heavy (non-hydrogen) atoms. The molecule has 0 spiro atoms. The van der Waals surface area contributed by atoms with Crippen molar-refractivity contribution in [2.75, 3.05) is 13.2 Å². The summed E-state index contributed by atoms with van der Waals surface area (Å²) in [7, 11) is -4.63. The summed E-state index contributed by atoms with van der Waals surface area (Å²) in [5, 5.41) is -0.652. The van der Waals surface area contributed by atoms with Gasteiger partial charge in [-0.3, -0.25) is 4.18 Å². The van der Waals surface area contributed by atoms with Crippen molar-refractivity contribution in [1.29, 1.82) is 0 Å². The number of hydrogen-bond acceptors (Lipinski definition) is 6. The van der Waals surface area contributed by atoms with E-state index in [2.05, 4.69) is 4.18 Å². The van der Waals surface area contributed by atoms with Gasteiger partial charge in [0.1, 0.15) is 6.61 Å². The first-order valence-corrected chi connectivity index (χ1v) is 9.37. The molecule has 2 rings (SSSR count). The molecular weight excluding hydrogens is 401 g/mol. The molecule has 1 saturated heterocycles. The number of rotatable bonds is 6. The Kier molecular flexibility index (Phi) is 6.54. The van der Waals surface area contributed by atoms with E-state index in [0.29, 0.717) is 19.1 Å². The summed E-state index contributed by atoms with van der Waals surface area (Å²) in [6.45, 7) is 1.63. The Morgan fingerprint density at radius 1 is 1.42 bits per heavy atom. The summed E-state index contributed by atoms with van der Waals surface area (Å²) in [4.78, 5) is 11.1. The second kappa shape index (κ2) is 8.12. The molecule has 11 heteroatoms. The average Bonchev–Trinajstić information content (AvgIpc) is 3.04. The molecule has 6 nitrogen and oxygen atoms in total. The number of halogens is 4. The quantitative estimate of drug-likeness (QED) is 0.523. The monoisotopic (exact) mass is 416 g/mol. The Balaban J connectivity index is 2.06. The largest absolute Gasteiger partial charge is 0.461 e. The fourth-order valence-electron chi connectivity index (χ4n) is 2.23. The summed E-state index contributed by atoms with van der Waals surface area (Å²) in [5.41, 5.74) is -1.32. The van der Waals surface area contributed by atoms with Crippen LogP contribution in [0, 0.1) is 0 Å². The zero-order valence-corrected chi connectivity index (χ0v) is 15.2. The highest BCUT2D eigenvalue weighted by Gasteiger charge is 2.35. The number of ether oxygens (including phenoxy) is 2. The highest BCUT2D eigenvalue weighted by atomic mass is 35.5. The predicted molar refractivity (Wildman–Crippen MR) is 84.1 cm³/mol. The van der Waals surface area contributed by atoms with Crippen molar-refractivity contribution < 1.29 is 40.0 Å². The van der Waals surface area contributed by atoms with E-state index in [1.54, 1.807) is 0 Å². The van der Waals surface area contributed by atoms with Gasteiger partial charge in [0, 0.05) is 6.61 Å². The molecule has 0 bridgehead atoms. The second-order valence-corrected chi connectivity index (χ2v) is 7.58. The summed E-state index contributed by atoms with van der Waals surface area (Å²) < 4.78 is 77.6. The Morgan fingerprint density at radius 3 is 2.69 bits per heavy atom. The predicted octanol–water partition coefficient (Wildman–Crippen LogP) is 3.17. The molecule has 0 amide bonds. The molecule has 0 radical (unpaired) electrons. The van der Waals surface area contributed by atoms with E-state index in [1.807, 2.05) is 0 Å². The fraction of sp³-hybridized carbons (Fsp3) is 0.533. The molecular formula is C15H16ClF3O6S. The van der Waals surface area contributed by atoms with Crippen LogP contribution in [0.3, 0.4) is 0 Å². The van der Waals surface area contributed by atoms with Crippen LogP contribution in [-0.2, 0) is 34.7 Å². The standard InChI is InChI=1S/C15H16ClF3O6S/c1-9(14(20)24-8-10-3-2-6-23-10)25-26(21,22)11-4-5-13(16)12(7-11)15(17,18)19/h4-5,7,9-10H,2-3,6,8H2,1H3/t9?,10-/m0/s1. The first kappa shape index (κ1) is 20.9. The molecule has 1 fully saturated rings. The molecule has 0 saturated carbocycles. The third kappa shape index (κ3) is 5.32. The number of esters is 1. The highest BCUT2D eigenvalue weighted by molar-refractivity contribution is 7.86. The lowest BCUT2D eigenvalue weighted by Crippen LogP contribution is -2.29. The highest BCUT2D eigenvalue weighted by Crippen LogP contribution is 2.36. The molecule has 0 aromatic heterocycles. The third-order valence-corrected chi connectivity index (χ3v) is 5.27. The van der Waals surface area contributed by atoms with Crippen LogP contribution in [-0.4, -0.2) is 39.8 Å². The van der Waals surface area contributed by atoms with Gasteiger partial charge in [0.05, 0.1) is 21.6 Å². The van der Waals surface area contributed by atoms with E-state index < -0.39 is 43.8 Å². The summed E-state index contributed by atoms with van der Waals surface area (Å²) >= 11 is 5.45. The third-order valence-electron chi connectivity index (χ3n) is 3.57. The molecule has 1 aliphatic heterocycles. The van der Waals surface area contributed by atoms with E-state index in [9.17, 15) is 26.4 Å². The smallest absolute Gasteiger partial charge is 0.417 e. The van der Waals surface area contributed by atoms with Gasteiger partial charge in [0.2, 0.25) is 0 Å².